The first-order valence-electron chi connectivity index (χ1n) is 6.93. The third kappa shape index (κ3) is 2.50. The molecule has 0 amide bonds. The molecule has 0 radical (unpaired) electrons. The highest BCUT2D eigenvalue weighted by molar-refractivity contribution is 14.1. The molecule has 0 aliphatic carbocycles. The van der Waals surface area contributed by atoms with Crippen molar-refractivity contribution in [2.75, 3.05) is 0 Å². The number of carbonyl (C=O) groups is 1. The van der Waals surface area contributed by atoms with Crippen molar-refractivity contribution in [2.45, 2.75) is 20.3 Å². The molecular weight excluding hydrogens is 375 g/mol. The summed E-state index contributed by atoms with van der Waals surface area (Å²) in [6, 6.07) is 13.5. The third-order valence-corrected chi connectivity index (χ3v) is 4.81. The molecule has 0 atom stereocenters. The summed E-state index contributed by atoms with van der Waals surface area (Å²) < 4.78 is 6.92. The highest BCUT2D eigenvalue weighted by atomic mass is 127. The van der Waals surface area contributed by atoms with Crippen molar-refractivity contribution >= 4 is 39.3 Å². The molecule has 1 aromatic heterocycles. The summed E-state index contributed by atoms with van der Waals surface area (Å²) in [5.41, 5.74) is 3.37. The van der Waals surface area contributed by atoms with Gasteiger partial charge in [0.05, 0.1) is 5.56 Å². The third-order valence-electron chi connectivity index (χ3n) is 3.65. The predicted octanol–water partition coefficient (Wildman–Crippen LogP) is 5.14. The van der Waals surface area contributed by atoms with Crippen LogP contribution in [-0.2, 0) is 6.42 Å². The minimum absolute atomic E-state index is 0.0368. The molecule has 0 unspecified atom stereocenters. The topological polar surface area (TPSA) is 30.2 Å². The first kappa shape index (κ1) is 14.3. The minimum Gasteiger partial charge on any atom is -0.460 e. The molecule has 21 heavy (non-hydrogen) atoms. The van der Waals surface area contributed by atoms with E-state index in [4.69, 9.17) is 4.42 Å². The molecule has 3 rings (SSSR count). The van der Waals surface area contributed by atoms with Crippen LogP contribution in [0.25, 0.3) is 11.0 Å². The Morgan fingerprint density at radius 2 is 1.95 bits per heavy atom. The molecule has 0 saturated carbocycles. The van der Waals surface area contributed by atoms with Gasteiger partial charge in [0.25, 0.3) is 0 Å². The number of halogens is 1. The van der Waals surface area contributed by atoms with Crippen LogP contribution in [0.2, 0.25) is 0 Å². The number of aryl methyl sites for hydroxylation is 2. The molecule has 1 heterocycles. The van der Waals surface area contributed by atoms with Crippen LogP contribution in [0.1, 0.15) is 34.2 Å². The van der Waals surface area contributed by atoms with Crippen molar-refractivity contribution in [3.05, 3.63) is 68.5 Å². The van der Waals surface area contributed by atoms with Crippen LogP contribution >= 0.6 is 22.6 Å². The lowest BCUT2D eigenvalue weighted by Gasteiger charge is -2.04. The Labute approximate surface area is 137 Å². The first-order chi connectivity index (χ1) is 10.1. The number of furan rings is 1. The van der Waals surface area contributed by atoms with Gasteiger partial charge in [0.1, 0.15) is 11.3 Å². The second kappa shape index (κ2) is 5.64. The van der Waals surface area contributed by atoms with Gasteiger partial charge < -0.3 is 4.42 Å². The second-order valence-corrected chi connectivity index (χ2v) is 6.21. The molecular formula is C18H15IO2. The van der Waals surface area contributed by atoms with Gasteiger partial charge in [-0.3, -0.25) is 4.79 Å². The van der Waals surface area contributed by atoms with E-state index < -0.39 is 0 Å². The Morgan fingerprint density at radius 1 is 1.19 bits per heavy atom. The Bertz CT molecular complexity index is 830. The number of rotatable bonds is 3. The Balaban J connectivity index is 2.18. The number of ketones is 1. The van der Waals surface area contributed by atoms with E-state index in [1.807, 2.05) is 56.3 Å². The summed E-state index contributed by atoms with van der Waals surface area (Å²) in [4.78, 5) is 12.9. The Kier molecular flexibility index (Phi) is 3.85. The van der Waals surface area contributed by atoms with Gasteiger partial charge >= 0.3 is 0 Å². The van der Waals surface area contributed by atoms with Crippen molar-refractivity contribution in [1.82, 2.24) is 0 Å². The summed E-state index contributed by atoms with van der Waals surface area (Å²) in [6.07, 6.45) is 0.707. The molecule has 2 nitrogen and oxygen atoms in total. The molecule has 0 aliphatic rings. The summed E-state index contributed by atoms with van der Waals surface area (Å²) >= 11 is 2.26. The maximum atomic E-state index is 12.9. The van der Waals surface area contributed by atoms with Gasteiger partial charge in [0.15, 0.2) is 5.78 Å². The van der Waals surface area contributed by atoms with E-state index in [-0.39, 0.29) is 5.78 Å². The standard InChI is InChI=1S/C18H15IO2/c1-3-15-17(13-6-4-5-7-16(13)21-15)18(20)12-9-8-11(2)14(19)10-12/h4-10H,3H2,1-2H3. The maximum absolute atomic E-state index is 12.9. The average Bonchev–Trinajstić information content (AvgIpc) is 2.87. The fourth-order valence-electron chi connectivity index (χ4n) is 2.47. The van der Waals surface area contributed by atoms with Crippen LogP contribution in [-0.4, -0.2) is 5.78 Å². The van der Waals surface area contributed by atoms with Gasteiger partial charge in [0, 0.05) is 20.9 Å². The number of hydrogen-bond acceptors (Lipinski definition) is 2. The monoisotopic (exact) mass is 390 g/mol. The molecule has 3 heteroatoms. The molecule has 0 bridgehead atoms. The Hall–Kier alpha value is -1.62. The number of para-hydroxylation sites is 1. The van der Waals surface area contributed by atoms with E-state index >= 15 is 0 Å². The smallest absolute Gasteiger partial charge is 0.197 e. The molecule has 106 valence electrons. The summed E-state index contributed by atoms with van der Waals surface area (Å²) in [5, 5.41) is 0.898. The lowest BCUT2D eigenvalue weighted by atomic mass is 9.99. The van der Waals surface area contributed by atoms with Crippen molar-refractivity contribution in [3.8, 4) is 0 Å². The molecule has 2 aromatic carbocycles. The van der Waals surface area contributed by atoms with Gasteiger partial charge in [-0.15, -0.1) is 0 Å². The molecule has 0 fully saturated rings. The number of hydrogen-bond donors (Lipinski definition) is 0. The summed E-state index contributed by atoms with van der Waals surface area (Å²) in [6.45, 7) is 4.05. The van der Waals surface area contributed by atoms with Crippen LogP contribution in [0.3, 0.4) is 0 Å². The molecule has 0 N–H and O–H groups in total. The number of benzene rings is 2. The zero-order valence-electron chi connectivity index (χ0n) is 11.9. The van der Waals surface area contributed by atoms with E-state index in [0.717, 1.165) is 20.3 Å². The van der Waals surface area contributed by atoms with Gasteiger partial charge in [0.2, 0.25) is 0 Å². The molecule has 0 spiro atoms. The molecule has 3 aromatic rings. The normalized spacial score (nSPS) is 11.0. The van der Waals surface area contributed by atoms with Crippen LogP contribution in [0, 0.1) is 10.5 Å². The zero-order chi connectivity index (χ0) is 15.0. The number of fused-ring (bicyclic) bond motifs is 1. The van der Waals surface area contributed by atoms with E-state index in [2.05, 4.69) is 22.6 Å². The lowest BCUT2D eigenvalue weighted by molar-refractivity contribution is 0.103. The largest absolute Gasteiger partial charge is 0.460 e. The van der Waals surface area contributed by atoms with E-state index in [9.17, 15) is 4.79 Å². The van der Waals surface area contributed by atoms with Crippen LogP contribution in [0.4, 0.5) is 0 Å². The summed E-state index contributed by atoms with van der Waals surface area (Å²) in [7, 11) is 0. The van der Waals surface area contributed by atoms with Gasteiger partial charge in [-0.1, -0.05) is 37.3 Å². The average molecular weight is 390 g/mol. The van der Waals surface area contributed by atoms with Crippen molar-refractivity contribution in [2.24, 2.45) is 0 Å². The van der Waals surface area contributed by atoms with E-state index in [1.165, 1.54) is 5.56 Å². The Morgan fingerprint density at radius 3 is 2.67 bits per heavy atom. The fourth-order valence-corrected chi connectivity index (χ4v) is 2.99. The SMILES string of the molecule is CCc1oc2ccccc2c1C(=O)c1ccc(C)c(I)c1. The molecule has 0 saturated heterocycles. The fraction of sp³-hybridized carbons (Fsp3) is 0.167. The lowest BCUT2D eigenvalue weighted by Crippen LogP contribution is -2.04. The van der Waals surface area contributed by atoms with Crippen LogP contribution in [0.5, 0.6) is 0 Å². The van der Waals surface area contributed by atoms with Crippen molar-refractivity contribution < 1.29 is 9.21 Å². The van der Waals surface area contributed by atoms with Gasteiger partial charge in [-0.05, 0) is 47.2 Å². The quantitative estimate of drug-likeness (QED) is 0.458. The second-order valence-electron chi connectivity index (χ2n) is 5.04. The van der Waals surface area contributed by atoms with Crippen molar-refractivity contribution in [3.63, 3.8) is 0 Å². The van der Waals surface area contributed by atoms with Gasteiger partial charge in [-0.2, -0.15) is 0 Å². The highest BCUT2D eigenvalue weighted by Gasteiger charge is 2.21. The zero-order valence-corrected chi connectivity index (χ0v) is 14.1. The van der Waals surface area contributed by atoms with E-state index in [1.54, 1.807) is 0 Å². The van der Waals surface area contributed by atoms with Gasteiger partial charge in [-0.25, -0.2) is 0 Å². The van der Waals surface area contributed by atoms with Crippen LogP contribution < -0.4 is 0 Å². The minimum atomic E-state index is 0.0368. The number of carbonyl (C=O) groups excluding carboxylic acids is 1. The van der Waals surface area contributed by atoms with E-state index in [0.29, 0.717) is 17.5 Å². The first-order valence-corrected chi connectivity index (χ1v) is 8.01. The highest BCUT2D eigenvalue weighted by Crippen LogP contribution is 2.29. The predicted molar refractivity (Wildman–Crippen MR) is 92.9 cm³/mol. The molecule has 0 aliphatic heterocycles. The maximum Gasteiger partial charge on any atom is 0.197 e. The van der Waals surface area contributed by atoms with Crippen molar-refractivity contribution in [1.29, 1.82) is 0 Å². The van der Waals surface area contributed by atoms with Crippen LogP contribution in [0.15, 0.2) is 46.9 Å². The summed E-state index contributed by atoms with van der Waals surface area (Å²) in [5.74, 6) is 0.798.